The molecule has 33 heavy (non-hydrogen) atoms. The quantitative estimate of drug-likeness (QED) is 0.351. The van der Waals surface area contributed by atoms with Gasteiger partial charge in [-0.1, -0.05) is 6.07 Å². The van der Waals surface area contributed by atoms with Gasteiger partial charge in [0.05, 0.1) is 34.1 Å². The van der Waals surface area contributed by atoms with E-state index in [9.17, 15) is 9.90 Å². The molecule has 10 heteroatoms. The molecular formula is C23H24N2O6S2. The van der Waals surface area contributed by atoms with Gasteiger partial charge in [-0.05, 0) is 30.5 Å². The predicted molar refractivity (Wildman–Crippen MR) is 129 cm³/mol. The molecule has 1 amide bonds. The van der Waals surface area contributed by atoms with E-state index in [1.165, 1.54) is 14.2 Å². The van der Waals surface area contributed by atoms with Crippen LogP contribution in [0.3, 0.4) is 0 Å². The molecule has 2 heterocycles. The number of hydrogen-bond acceptors (Lipinski definition) is 9. The number of aromatic nitrogens is 1. The molecule has 2 N–H and O–H groups in total. The molecule has 0 fully saturated rings. The molecule has 0 saturated heterocycles. The first-order valence-corrected chi connectivity index (χ1v) is 11.9. The molecule has 2 aromatic carbocycles. The third kappa shape index (κ3) is 5.13. The third-order valence-corrected chi connectivity index (χ3v) is 6.70. The van der Waals surface area contributed by atoms with E-state index in [-0.39, 0.29) is 25.7 Å². The van der Waals surface area contributed by atoms with Crippen molar-refractivity contribution in [2.24, 2.45) is 0 Å². The van der Waals surface area contributed by atoms with Crippen LogP contribution in [-0.2, 0) is 4.79 Å². The minimum absolute atomic E-state index is 0.0145. The Labute approximate surface area is 198 Å². The number of carbonyl (C=O) groups is 1. The van der Waals surface area contributed by atoms with E-state index in [4.69, 9.17) is 18.9 Å². The van der Waals surface area contributed by atoms with Crippen molar-refractivity contribution in [3.8, 4) is 23.0 Å². The molecule has 8 nitrogen and oxygen atoms in total. The Bertz CT molecular complexity index is 1250. The summed E-state index contributed by atoms with van der Waals surface area (Å²) < 4.78 is 24.1. The number of rotatable bonds is 10. The van der Waals surface area contributed by atoms with Gasteiger partial charge in [-0.15, -0.1) is 22.7 Å². The number of carbonyl (C=O) groups excluding carboxylic acids is 1. The van der Waals surface area contributed by atoms with Crippen molar-refractivity contribution in [2.45, 2.75) is 13.0 Å². The van der Waals surface area contributed by atoms with Gasteiger partial charge >= 0.3 is 0 Å². The van der Waals surface area contributed by atoms with Crippen molar-refractivity contribution in [2.75, 3.05) is 34.0 Å². The average Bonchev–Trinajstić information content (AvgIpc) is 3.45. The zero-order chi connectivity index (χ0) is 23.4. The second kappa shape index (κ2) is 10.2. The molecule has 0 bridgehead atoms. The van der Waals surface area contributed by atoms with Crippen LogP contribution in [0, 0.1) is 6.92 Å². The van der Waals surface area contributed by atoms with E-state index in [0.717, 1.165) is 25.3 Å². The number of aliphatic hydroxyl groups is 1. The highest BCUT2D eigenvalue weighted by molar-refractivity contribution is 7.21. The Kier molecular flexibility index (Phi) is 7.17. The summed E-state index contributed by atoms with van der Waals surface area (Å²) in [5.74, 6) is 1.68. The summed E-state index contributed by atoms with van der Waals surface area (Å²) in [6, 6.07) is 9.14. The molecule has 0 aliphatic rings. The molecule has 1 atom stereocenters. The largest absolute Gasteiger partial charge is 0.493 e. The molecule has 1 unspecified atom stereocenters. The third-order valence-electron chi connectivity index (χ3n) is 4.86. The SMILES string of the molecule is COc1cccc(OC)c1OCC(O)CNC(=O)COc1cc2sc(C)nc2c2sccc12. The molecule has 4 aromatic rings. The number of benzene rings is 2. The van der Waals surface area contributed by atoms with Crippen LogP contribution in [0.15, 0.2) is 35.7 Å². The fourth-order valence-corrected chi connectivity index (χ4v) is 5.16. The van der Waals surface area contributed by atoms with Gasteiger partial charge in [-0.3, -0.25) is 4.79 Å². The van der Waals surface area contributed by atoms with Crippen LogP contribution in [0.25, 0.3) is 20.3 Å². The molecule has 0 aliphatic carbocycles. The van der Waals surface area contributed by atoms with Crippen molar-refractivity contribution in [1.82, 2.24) is 10.3 Å². The number of nitrogens with zero attached hydrogens (tertiary/aromatic N) is 1. The van der Waals surface area contributed by atoms with Crippen LogP contribution < -0.4 is 24.3 Å². The lowest BCUT2D eigenvalue weighted by molar-refractivity contribution is -0.123. The first kappa shape index (κ1) is 23.1. The summed E-state index contributed by atoms with van der Waals surface area (Å²) in [6.07, 6.45) is -0.927. The lowest BCUT2D eigenvalue weighted by atomic mass is 10.2. The Hall–Kier alpha value is -3.08. The van der Waals surface area contributed by atoms with Crippen molar-refractivity contribution >= 4 is 48.9 Å². The summed E-state index contributed by atoms with van der Waals surface area (Å²) >= 11 is 3.19. The highest BCUT2D eigenvalue weighted by Crippen LogP contribution is 2.39. The number of thiophene rings is 1. The number of thiazole rings is 1. The molecular weight excluding hydrogens is 464 g/mol. The molecule has 0 radical (unpaired) electrons. The van der Waals surface area contributed by atoms with Gasteiger partial charge in [0.25, 0.3) is 5.91 Å². The maximum Gasteiger partial charge on any atom is 0.258 e. The summed E-state index contributed by atoms with van der Waals surface area (Å²) in [5.41, 5.74) is 0.967. The molecule has 4 rings (SSSR count). The van der Waals surface area contributed by atoms with Gasteiger partial charge in [0.15, 0.2) is 18.1 Å². The molecule has 0 spiro atoms. The summed E-state index contributed by atoms with van der Waals surface area (Å²) in [6.45, 7) is 1.77. The number of methoxy groups -OCH3 is 2. The molecule has 0 saturated carbocycles. The van der Waals surface area contributed by atoms with E-state index in [1.54, 1.807) is 40.9 Å². The van der Waals surface area contributed by atoms with E-state index in [1.807, 2.05) is 24.4 Å². The number of nitrogens with one attached hydrogen (secondary N) is 1. The van der Waals surface area contributed by atoms with Crippen LogP contribution in [0.1, 0.15) is 5.01 Å². The Morgan fingerprint density at radius 1 is 1.15 bits per heavy atom. The monoisotopic (exact) mass is 488 g/mol. The number of fused-ring (bicyclic) bond motifs is 3. The van der Waals surface area contributed by atoms with Gasteiger partial charge in [-0.25, -0.2) is 4.98 Å². The van der Waals surface area contributed by atoms with E-state index in [2.05, 4.69) is 10.3 Å². The zero-order valence-electron chi connectivity index (χ0n) is 18.4. The smallest absolute Gasteiger partial charge is 0.258 e. The Balaban J connectivity index is 1.31. The van der Waals surface area contributed by atoms with E-state index in [0.29, 0.717) is 23.0 Å². The number of aryl methyl sites for hydroxylation is 1. The van der Waals surface area contributed by atoms with Crippen LogP contribution in [-0.4, -0.2) is 56.1 Å². The topological polar surface area (TPSA) is 99.1 Å². The maximum absolute atomic E-state index is 12.3. The highest BCUT2D eigenvalue weighted by Gasteiger charge is 2.16. The maximum atomic E-state index is 12.3. The number of ether oxygens (including phenoxy) is 4. The average molecular weight is 489 g/mol. The van der Waals surface area contributed by atoms with Crippen LogP contribution in [0.4, 0.5) is 0 Å². The van der Waals surface area contributed by atoms with Crippen molar-refractivity contribution in [3.63, 3.8) is 0 Å². The first-order valence-electron chi connectivity index (χ1n) is 10.2. The van der Waals surface area contributed by atoms with Gasteiger partial charge in [0.2, 0.25) is 5.75 Å². The van der Waals surface area contributed by atoms with E-state index >= 15 is 0 Å². The number of amides is 1. The standard InChI is InChI=1S/C23H24N2O6S2/c1-13-25-21-19(33-13)9-18(15-7-8-32-23(15)21)30-12-20(27)24-10-14(26)11-31-22-16(28-2)5-4-6-17(22)29-3/h4-9,14,26H,10-12H2,1-3H3,(H,24,27). The van der Waals surface area contributed by atoms with Gasteiger partial charge < -0.3 is 29.4 Å². The Morgan fingerprint density at radius 2 is 1.91 bits per heavy atom. The fraction of sp³-hybridized carbons (Fsp3) is 0.304. The predicted octanol–water partition coefficient (Wildman–Crippen LogP) is 3.77. The summed E-state index contributed by atoms with van der Waals surface area (Å²) in [4.78, 5) is 16.9. The van der Waals surface area contributed by atoms with Crippen LogP contribution >= 0.6 is 22.7 Å². The second-order valence-electron chi connectivity index (χ2n) is 7.17. The Morgan fingerprint density at radius 3 is 2.64 bits per heavy atom. The number of para-hydroxylation sites is 1. The van der Waals surface area contributed by atoms with Crippen molar-refractivity contribution in [3.05, 3.63) is 40.7 Å². The minimum Gasteiger partial charge on any atom is -0.493 e. The summed E-state index contributed by atoms with van der Waals surface area (Å²) in [5, 5.41) is 16.8. The molecule has 174 valence electrons. The van der Waals surface area contributed by atoms with Crippen LogP contribution in [0.2, 0.25) is 0 Å². The first-order chi connectivity index (χ1) is 16.0. The van der Waals surface area contributed by atoms with Crippen molar-refractivity contribution < 1.29 is 28.8 Å². The molecule has 2 aromatic heterocycles. The zero-order valence-corrected chi connectivity index (χ0v) is 20.0. The van der Waals surface area contributed by atoms with Gasteiger partial charge in [0.1, 0.15) is 18.5 Å². The second-order valence-corrected chi connectivity index (χ2v) is 9.32. The minimum atomic E-state index is -0.927. The summed E-state index contributed by atoms with van der Waals surface area (Å²) in [7, 11) is 3.05. The normalized spacial score (nSPS) is 12.0. The number of aliphatic hydroxyl groups excluding tert-OH is 1. The van der Waals surface area contributed by atoms with E-state index < -0.39 is 6.10 Å². The van der Waals surface area contributed by atoms with Gasteiger partial charge in [-0.2, -0.15) is 0 Å². The number of hydrogen-bond donors (Lipinski definition) is 2. The molecule has 0 aliphatic heterocycles. The van der Waals surface area contributed by atoms with Gasteiger partial charge in [0, 0.05) is 18.0 Å². The highest BCUT2D eigenvalue weighted by atomic mass is 32.1. The van der Waals surface area contributed by atoms with Crippen LogP contribution in [0.5, 0.6) is 23.0 Å². The van der Waals surface area contributed by atoms with Crippen molar-refractivity contribution in [1.29, 1.82) is 0 Å². The lowest BCUT2D eigenvalue weighted by Gasteiger charge is -2.17. The fourth-order valence-electron chi connectivity index (χ4n) is 3.33. The lowest BCUT2D eigenvalue weighted by Crippen LogP contribution is -2.37.